The highest BCUT2D eigenvalue weighted by Gasteiger charge is 2.22. The number of rotatable bonds is 8. The summed E-state index contributed by atoms with van der Waals surface area (Å²) in [6, 6.07) is 0. The molecule has 3 heteroatoms. The van der Waals surface area contributed by atoms with Crippen LogP contribution in [0.4, 0.5) is 0 Å². The maximum absolute atomic E-state index is 10.2. The molecule has 0 aliphatic rings. The number of nitrogens with zero attached hydrogens (tertiary/aromatic N) is 1. The summed E-state index contributed by atoms with van der Waals surface area (Å²) < 4.78 is 1.38. The third kappa shape index (κ3) is 14.2. The van der Waals surface area contributed by atoms with Crippen LogP contribution < -0.4 is 4.80 Å². The van der Waals surface area contributed by atoms with Gasteiger partial charge in [-0.25, -0.2) is 0 Å². The molecular formula is C15H37NOSi. The molecule has 0 amide bonds. The van der Waals surface area contributed by atoms with Crippen LogP contribution in [0, 0.1) is 0 Å². The van der Waals surface area contributed by atoms with Gasteiger partial charge in [-0.15, -0.1) is 0 Å². The highest BCUT2D eigenvalue weighted by Crippen LogP contribution is 2.12. The molecule has 0 N–H and O–H groups in total. The van der Waals surface area contributed by atoms with E-state index in [2.05, 4.69) is 27.7 Å². The largest absolute Gasteiger partial charge is 0.859 e. The van der Waals surface area contributed by atoms with E-state index in [-0.39, 0.29) is 0 Å². The molecule has 18 heavy (non-hydrogen) atoms. The van der Waals surface area contributed by atoms with Crippen LogP contribution in [0.25, 0.3) is 0 Å². The number of hydrogen-bond donors (Lipinski definition) is 0. The molecular weight excluding hydrogens is 238 g/mol. The third-order valence-electron chi connectivity index (χ3n) is 2.79. The minimum absolute atomic E-state index is 1.33. The third-order valence-corrected chi connectivity index (χ3v) is 2.79. The maximum Gasteiger partial charge on any atom is 0.0783 e. The van der Waals surface area contributed by atoms with Gasteiger partial charge in [0.15, 0.2) is 0 Å². The van der Waals surface area contributed by atoms with Crippen molar-refractivity contribution in [3.05, 3.63) is 0 Å². The van der Waals surface area contributed by atoms with Gasteiger partial charge < -0.3 is 9.28 Å². The highest BCUT2D eigenvalue weighted by molar-refractivity contribution is 6.66. The standard InChI is InChI=1S/C12H28N.C3H9OSi/c1-5-9-13(10-6-2,11-7-3)12-8-4;1-5(2,3)4/h5-12H2,1-4H3;1-3H3/q+1;-1. The van der Waals surface area contributed by atoms with Gasteiger partial charge in [0.25, 0.3) is 0 Å². The quantitative estimate of drug-likeness (QED) is 0.490. The Kier molecular flexibility index (Phi) is 12.5. The molecule has 0 bridgehead atoms. The van der Waals surface area contributed by atoms with E-state index in [0.29, 0.717) is 0 Å². The molecule has 0 rings (SSSR count). The van der Waals surface area contributed by atoms with E-state index in [9.17, 15) is 4.80 Å². The van der Waals surface area contributed by atoms with E-state index < -0.39 is 8.32 Å². The molecule has 0 saturated carbocycles. The van der Waals surface area contributed by atoms with Crippen LogP contribution >= 0.6 is 0 Å². The molecule has 0 unspecified atom stereocenters. The zero-order valence-electron chi connectivity index (χ0n) is 14.0. The van der Waals surface area contributed by atoms with Gasteiger partial charge in [-0.2, -0.15) is 0 Å². The SMILES string of the molecule is CCC[N+](CCC)(CCC)CCC.C[Si](C)(C)[O-]. The van der Waals surface area contributed by atoms with Crippen molar-refractivity contribution >= 4 is 8.32 Å². The van der Waals surface area contributed by atoms with Crippen molar-refractivity contribution in [3.8, 4) is 0 Å². The molecule has 0 atom stereocenters. The molecule has 0 spiro atoms. The van der Waals surface area contributed by atoms with Crippen LogP contribution in [-0.4, -0.2) is 39.0 Å². The first-order chi connectivity index (χ1) is 8.24. The van der Waals surface area contributed by atoms with Gasteiger partial charge in [0.05, 0.1) is 26.2 Å². The lowest BCUT2D eigenvalue weighted by Gasteiger charge is -2.38. The number of hydrogen-bond acceptors (Lipinski definition) is 1. The Morgan fingerprint density at radius 2 is 0.833 bits per heavy atom. The summed E-state index contributed by atoms with van der Waals surface area (Å²) in [4.78, 5) is 10.2. The molecule has 0 aliphatic heterocycles. The second kappa shape index (κ2) is 11.0. The summed E-state index contributed by atoms with van der Waals surface area (Å²) in [6.45, 7) is 20.1. The lowest BCUT2D eigenvalue weighted by atomic mass is 10.2. The van der Waals surface area contributed by atoms with Gasteiger partial charge in [0.1, 0.15) is 0 Å². The average molecular weight is 276 g/mol. The molecule has 2 nitrogen and oxygen atoms in total. The predicted octanol–water partition coefficient (Wildman–Crippen LogP) is 3.62. The first-order valence-corrected chi connectivity index (χ1v) is 11.2. The molecule has 112 valence electrons. The topological polar surface area (TPSA) is 23.1 Å². The predicted molar refractivity (Wildman–Crippen MR) is 84.2 cm³/mol. The smallest absolute Gasteiger partial charge is 0.0783 e. The summed E-state index contributed by atoms with van der Waals surface area (Å²) in [5, 5.41) is 0. The van der Waals surface area contributed by atoms with Gasteiger partial charge in [-0.1, -0.05) is 55.7 Å². The minimum atomic E-state index is -1.86. The minimum Gasteiger partial charge on any atom is -0.859 e. The molecule has 0 saturated heterocycles. The van der Waals surface area contributed by atoms with Crippen molar-refractivity contribution in [2.24, 2.45) is 0 Å². The summed E-state index contributed by atoms with van der Waals surface area (Å²) in [6.07, 6.45) is 5.33. The van der Waals surface area contributed by atoms with E-state index >= 15 is 0 Å². The highest BCUT2D eigenvalue weighted by atomic mass is 28.4. The Hall–Kier alpha value is 0.137. The van der Waals surface area contributed by atoms with Gasteiger partial charge >= 0.3 is 0 Å². The lowest BCUT2D eigenvalue weighted by Crippen LogP contribution is -2.50. The van der Waals surface area contributed by atoms with Crippen molar-refractivity contribution < 1.29 is 9.28 Å². The van der Waals surface area contributed by atoms with E-state index in [0.717, 1.165) is 0 Å². The fourth-order valence-electron chi connectivity index (χ4n) is 2.57. The van der Waals surface area contributed by atoms with Crippen molar-refractivity contribution in [3.63, 3.8) is 0 Å². The molecule has 0 aliphatic carbocycles. The van der Waals surface area contributed by atoms with Crippen molar-refractivity contribution in [2.45, 2.75) is 73.0 Å². The fraction of sp³-hybridized carbons (Fsp3) is 1.00. The second-order valence-corrected chi connectivity index (χ2v) is 10.6. The molecule has 0 aromatic heterocycles. The van der Waals surface area contributed by atoms with Crippen LogP contribution in [0.5, 0.6) is 0 Å². The lowest BCUT2D eigenvalue weighted by molar-refractivity contribution is -0.928. The van der Waals surface area contributed by atoms with Gasteiger partial charge in [-0.05, 0) is 25.7 Å². The Bertz CT molecular complexity index is 142. The van der Waals surface area contributed by atoms with Crippen LogP contribution in [0.1, 0.15) is 53.4 Å². The molecule has 0 aromatic carbocycles. The van der Waals surface area contributed by atoms with Crippen LogP contribution in [0.3, 0.4) is 0 Å². The normalized spacial score (nSPS) is 12.0. The van der Waals surface area contributed by atoms with E-state index in [4.69, 9.17) is 0 Å². The first kappa shape index (κ1) is 20.5. The van der Waals surface area contributed by atoms with Crippen LogP contribution in [-0.2, 0) is 0 Å². The van der Waals surface area contributed by atoms with Gasteiger partial charge in [0.2, 0.25) is 0 Å². The van der Waals surface area contributed by atoms with E-state index in [1.54, 1.807) is 19.6 Å². The van der Waals surface area contributed by atoms with E-state index in [1.165, 1.54) is 56.3 Å². The van der Waals surface area contributed by atoms with Gasteiger partial charge in [0, 0.05) is 0 Å². The molecule has 0 heterocycles. The summed E-state index contributed by atoms with van der Waals surface area (Å²) in [5.41, 5.74) is 0. The van der Waals surface area contributed by atoms with Crippen LogP contribution in [0.2, 0.25) is 19.6 Å². The first-order valence-electron chi connectivity index (χ1n) is 7.80. The Morgan fingerprint density at radius 1 is 0.667 bits per heavy atom. The van der Waals surface area contributed by atoms with E-state index in [1.807, 2.05) is 0 Å². The van der Waals surface area contributed by atoms with Gasteiger partial charge in [-0.3, -0.25) is 0 Å². The van der Waals surface area contributed by atoms with Crippen molar-refractivity contribution in [1.29, 1.82) is 0 Å². The monoisotopic (exact) mass is 275 g/mol. The summed E-state index contributed by atoms with van der Waals surface area (Å²) >= 11 is 0. The molecule has 0 radical (unpaired) electrons. The zero-order valence-corrected chi connectivity index (χ0v) is 15.0. The Balaban J connectivity index is 0. The average Bonchev–Trinajstić information content (AvgIpc) is 2.16. The summed E-state index contributed by atoms with van der Waals surface area (Å²) in [7, 11) is -1.86. The summed E-state index contributed by atoms with van der Waals surface area (Å²) in [5.74, 6) is 0. The molecule has 0 aromatic rings. The van der Waals surface area contributed by atoms with Crippen LogP contribution in [0.15, 0.2) is 0 Å². The van der Waals surface area contributed by atoms with Crippen molar-refractivity contribution in [2.75, 3.05) is 26.2 Å². The van der Waals surface area contributed by atoms with Crippen molar-refractivity contribution in [1.82, 2.24) is 0 Å². The Labute approximate surface area is 117 Å². The fourth-order valence-corrected chi connectivity index (χ4v) is 2.57. The maximum atomic E-state index is 10.2. The Morgan fingerprint density at radius 3 is 0.944 bits per heavy atom. The number of quaternary nitrogens is 1. The molecule has 0 fully saturated rings. The second-order valence-electron chi connectivity index (χ2n) is 6.35. The zero-order chi connectivity index (χ0) is 14.7.